The molecule has 0 saturated carbocycles. The molecule has 2 aliphatic rings. The highest BCUT2D eigenvalue weighted by atomic mass is 35.5. The van der Waals surface area contributed by atoms with Crippen molar-refractivity contribution < 1.29 is 4.39 Å². The number of anilines is 3. The number of nitrogens with two attached hydrogens (primary N) is 1. The smallest absolute Gasteiger partial charge is 0.228 e. The van der Waals surface area contributed by atoms with Gasteiger partial charge in [0.15, 0.2) is 10.9 Å². The summed E-state index contributed by atoms with van der Waals surface area (Å²) in [6.07, 6.45) is 1.01. The first-order valence-electron chi connectivity index (χ1n) is 12.1. The second-order valence-corrected chi connectivity index (χ2v) is 11.1. The van der Waals surface area contributed by atoms with E-state index >= 15 is 4.39 Å². The lowest BCUT2D eigenvalue weighted by Crippen LogP contribution is -2.44. The molecule has 2 aromatic heterocycles. The Balaban J connectivity index is 1.56. The highest BCUT2D eigenvalue weighted by Gasteiger charge is 2.29. The Kier molecular flexibility index (Phi) is 6.07. The molecular formula is C25H28ClFN8S. The Bertz CT molecular complexity index is 1450. The molecule has 3 N–H and O–H groups in total. The quantitative estimate of drug-likeness (QED) is 0.415. The fourth-order valence-electron chi connectivity index (χ4n) is 5.19. The van der Waals surface area contributed by atoms with Crippen LogP contribution in [0.3, 0.4) is 0 Å². The Hall–Kier alpha value is -2.79. The lowest BCUT2D eigenvalue weighted by molar-refractivity contribution is 0.315. The highest BCUT2D eigenvalue weighted by Crippen LogP contribution is 2.42. The Morgan fingerprint density at radius 3 is 2.67 bits per heavy atom. The summed E-state index contributed by atoms with van der Waals surface area (Å²) in [4.78, 5) is 20.8. The van der Waals surface area contributed by atoms with Crippen molar-refractivity contribution in [1.82, 2.24) is 25.2 Å². The van der Waals surface area contributed by atoms with Gasteiger partial charge in [0.25, 0.3) is 0 Å². The number of fused-ring (bicyclic) bond motifs is 2. The molecule has 11 heteroatoms. The van der Waals surface area contributed by atoms with Crippen LogP contribution in [0.2, 0.25) is 5.02 Å². The third-order valence-electron chi connectivity index (χ3n) is 7.15. The first-order chi connectivity index (χ1) is 17.4. The summed E-state index contributed by atoms with van der Waals surface area (Å²) < 4.78 is 17.4. The van der Waals surface area contributed by atoms with Crippen LogP contribution in [0.25, 0.3) is 32.2 Å². The number of para-hydroxylation sites is 1. The van der Waals surface area contributed by atoms with E-state index < -0.39 is 5.82 Å². The summed E-state index contributed by atoms with van der Waals surface area (Å²) in [7, 11) is 4.17. The van der Waals surface area contributed by atoms with Crippen LogP contribution in [0.5, 0.6) is 0 Å². The number of nitrogen functional groups attached to an aromatic ring is 1. The standard InChI is InChI=1S/C25H28ClFN8S/c1-33(2)14-6-9-35(13-14)25-31-22-16(23(32-25)34-10-7-29-8-11-34)12-17(26)19(20(22)27)15-4-3-5-18-21(15)30-24(28)36-18/h3-5,12,14,29H,6-11,13H2,1-2H3,(H2,28,30). The minimum atomic E-state index is -0.458. The number of likely N-dealkylation sites (N-methyl/N-ethyl adjacent to an activating group) is 1. The van der Waals surface area contributed by atoms with E-state index in [1.54, 1.807) is 6.07 Å². The molecule has 2 saturated heterocycles. The summed E-state index contributed by atoms with van der Waals surface area (Å²) in [5.41, 5.74) is 7.80. The molecule has 36 heavy (non-hydrogen) atoms. The van der Waals surface area contributed by atoms with Gasteiger partial charge in [-0.3, -0.25) is 0 Å². The number of nitrogens with zero attached hydrogens (tertiary/aromatic N) is 6. The molecule has 4 aromatic rings. The van der Waals surface area contributed by atoms with Crippen molar-refractivity contribution in [2.45, 2.75) is 12.5 Å². The zero-order chi connectivity index (χ0) is 25.0. The van der Waals surface area contributed by atoms with Crippen molar-refractivity contribution in [1.29, 1.82) is 0 Å². The average molecular weight is 527 g/mol. The minimum absolute atomic E-state index is 0.279. The highest BCUT2D eigenvalue weighted by molar-refractivity contribution is 7.22. The molecule has 188 valence electrons. The predicted octanol–water partition coefficient (Wildman–Crippen LogP) is 3.83. The third-order valence-corrected chi connectivity index (χ3v) is 8.30. The lowest BCUT2D eigenvalue weighted by Gasteiger charge is -2.30. The number of piperazine rings is 1. The molecule has 0 aliphatic carbocycles. The maximum Gasteiger partial charge on any atom is 0.228 e. The largest absolute Gasteiger partial charge is 0.375 e. The van der Waals surface area contributed by atoms with Crippen molar-refractivity contribution in [3.8, 4) is 11.1 Å². The zero-order valence-corrected chi connectivity index (χ0v) is 21.8. The van der Waals surface area contributed by atoms with E-state index in [4.69, 9.17) is 27.3 Å². The number of rotatable bonds is 4. The van der Waals surface area contributed by atoms with Crippen molar-refractivity contribution in [2.24, 2.45) is 0 Å². The van der Waals surface area contributed by atoms with Gasteiger partial charge < -0.3 is 25.8 Å². The minimum Gasteiger partial charge on any atom is -0.375 e. The van der Waals surface area contributed by atoms with Gasteiger partial charge in [-0.05, 0) is 32.6 Å². The first kappa shape index (κ1) is 23.6. The van der Waals surface area contributed by atoms with Crippen LogP contribution >= 0.6 is 22.9 Å². The molecule has 0 bridgehead atoms. The second-order valence-electron chi connectivity index (χ2n) is 9.58. The Morgan fingerprint density at radius 1 is 1.11 bits per heavy atom. The van der Waals surface area contributed by atoms with E-state index in [-0.39, 0.29) is 5.52 Å². The van der Waals surface area contributed by atoms with Gasteiger partial charge in [0.05, 0.1) is 15.2 Å². The van der Waals surface area contributed by atoms with Crippen LogP contribution in [0.4, 0.5) is 21.3 Å². The first-order valence-corrected chi connectivity index (χ1v) is 13.3. The molecule has 2 aliphatic heterocycles. The van der Waals surface area contributed by atoms with Gasteiger partial charge in [-0.1, -0.05) is 35.1 Å². The molecule has 6 rings (SSSR count). The molecule has 0 spiro atoms. The molecule has 1 atom stereocenters. The van der Waals surface area contributed by atoms with Crippen LogP contribution in [-0.4, -0.2) is 79.3 Å². The molecule has 2 aromatic carbocycles. The van der Waals surface area contributed by atoms with Crippen molar-refractivity contribution in [3.05, 3.63) is 35.1 Å². The van der Waals surface area contributed by atoms with E-state index in [2.05, 4.69) is 39.1 Å². The summed E-state index contributed by atoms with van der Waals surface area (Å²) in [6.45, 7) is 4.88. The maximum absolute atomic E-state index is 16.5. The SMILES string of the molecule is CN(C)C1CCN(c2nc(N3CCNCC3)c3cc(Cl)c(-c4cccc5sc(N)nc45)c(F)c3n2)C1. The van der Waals surface area contributed by atoms with Crippen LogP contribution in [0.15, 0.2) is 24.3 Å². The van der Waals surface area contributed by atoms with Gasteiger partial charge in [0, 0.05) is 61.8 Å². The number of nitrogens with one attached hydrogen (secondary N) is 1. The van der Waals surface area contributed by atoms with Crippen LogP contribution in [0.1, 0.15) is 6.42 Å². The van der Waals surface area contributed by atoms with Gasteiger partial charge in [-0.2, -0.15) is 4.98 Å². The molecule has 0 radical (unpaired) electrons. The van der Waals surface area contributed by atoms with Crippen LogP contribution < -0.4 is 20.9 Å². The number of thiazole rings is 1. The van der Waals surface area contributed by atoms with Crippen molar-refractivity contribution >= 4 is 61.0 Å². The number of halogens is 2. The van der Waals surface area contributed by atoms with Crippen LogP contribution in [-0.2, 0) is 0 Å². The van der Waals surface area contributed by atoms with E-state index in [1.165, 1.54) is 11.3 Å². The molecule has 1 unspecified atom stereocenters. The van der Waals surface area contributed by atoms with Gasteiger partial charge >= 0.3 is 0 Å². The number of hydrogen-bond donors (Lipinski definition) is 2. The van der Waals surface area contributed by atoms with Gasteiger partial charge in [-0.15, -0.1) is 0 Å². The fourth-order valence-corrected chi connectivity index (χ4v) is 6.24. The van der Waals surface area contributed by atoms with Crippen molar-refractivity contribution in [3.63, 3.8) is 0 Å². The summed E-state index contributed by atoms with van der Waals surface area (Å²) in [6, 6.07) is 7.84. The Labute approximate surface area is 217 Å². The van der Waals surface area contributed by atoms with Crippen molar-refractivity contribution in [2.75, 3.05) is 68.9 Å². The molecule has 0 amide bonds. The van der Waals surface area contributed by atoms with E-state index in [9.17, 15) is 0 Å². The van der Waals surface area contributed by atoms with Gasteiger partial charge in [0.1, 0.15) is 11.3 Å². The number of benzene rings is 2. The third kappa shape index (κ3) is 4.02. The topological polar surface area (TPSA) is 86.4 Å². The molecule has 4 heterocycles. The monoisotopic (exact) mass is 526 g/mol. The normalized spacial score (nSPS) is 18.8. The van der Waals surface area contributed by atoms with E-state index in [1.807, 2.05) is 18.2 Å². The number of hydrogen-bond acceptors (Lipinski definition) is 9. The van der Waals surface area contributed by atoms with Crippen LogP contribution in [0, 0.1) is 5.82 Å². The molecular weight excluding hydrogens is 499 g/mol. The lowest BCUT2D eigenvalue weighted by atomic mass is 10.0. The molecule has 8 nitrogen and oxygen atoms in total. The number of aromatic nitrogens is 3. The predicted molar refractivity (Wildman–Crippen MR) is 147 cm³/mol. The summed E-state index contributed by atoms with van der Waals surface area (Å²) in [5, 5.41) is 4.74. The summed E-state index contributed by atoms with van der Waals surface area (Å²) >= 11 is 8.16. The van der Waals surface area contributed by atoms with E-state index in [0.29, 0.717) is 44.2 Å². The van der Waals surface area contributed by atoms with E-state index in [0.717, 1.165) is 56.2 Å². The fraction of sp³-hybridized carbons (Fsp3) is 0.400. The second kappa shape index (κ2) is 9.26. The van der Waals surface area contributed by atoms with Gasteiger partial charge in [0.2, 0.25) is 5.95 Å². The van der Waals surface area contributed by atoms with Gasteiger partial charge in [-0.25, -0.2) is 14.4 Å². The maximum atomic E-state index is 16.5. The Morgan fingerprint density at radius 2 is 1.92 bits per heavy atom. The average Bonchev–Trinajstić information content (AvgIpc) is 3.51. The molecule has 2 fully saturated rings. The summed E-state index contributed by atoms with van der Waals surface area (Å²) in [5.74, 6) is 0.830. The zero-order valence-electron chi connectivity index (χ0n) is 20.3.